The Kier molecular flexibility index (Phi) is 4.49. The standard InChI is InChI=1S/C14H14BrNO.ClH/c15-12-3-1-11-8-13(4-2-10(11)7-12)17-14-5-6-16-9-14;/h1-4,7-8,14,16H,5-6,9H2;1H. The zero-order chi connectivity index (χ0) is 11.7. The van der Waals surface area contributed by atoms with Crippen LogP contribution in [0.5, 0.6) is 5.75 Å². The summed E-state index contributed by atoms with van der Waals surface area (Å²) in [5.41, 5.74) is 0. The van der Waals surface area contributed by atoms with E-state index in [4.69, 9.17) is 4.74 Å². The molecule has 2 nitrogen and oxygen atoms in total. The number of hydrogen-bond donors (Lipinski definition) is 1. The van der Waals surface area contributed by atoms with Crippen molar-refractivity contribution in [3.8, 4) is 5.75 Å². The fourth-order valence-electron chi connectivity index (χ4n) is 2.19. The van der Waals surface area contributed by atoms with E-state index < -0.39 is 0 Å². The minimum Gasteiger partial charge on any atom is -0.489 e. The van der Waals surface area contributed by atoms with Crippen LogP contribution in [-0.2, 0) is 0 Å². The molecule has 2 aromatic rings. The molecule has 18 heavy (non-hydrogen) atoms. The molecule has 1 N–H and O–H groups in total. The van der Waals surface area contributed by atoms with Crippen LogP contribution >= 0.6 is 28.3 Å². The average Bonchev–Trinajstić information content (AvgIpc) is 2.82. The number of nitrogens with one attached hydrogen (secondary N) is 1. The van der Waals surface area contributed by atoms with Crippen molar-refractivity contribution in [2.75, 3.05) is 13.1 Å². The first-order valence-corrected chi connectivity index (χ1v) is 6.67. The van der Waals surface area contributed by atoms with Crippen molar-refractivity contribution in [1.29, 1.82) is 0 Å². The third kappa shape index (κ3) is 2.97. The Hall–Kier alpha value is -0.770. The van der Waals surface area contributed by atoms with E-state index >= 15 is 0 Å². The van der Waals surface area contributed by atoms with Crippen molar-refractivity contribution in [2.24, 2.45) is 0 Å². The Labute approximate surface area is 121 Å². The monoisotopic (exact) mass is 327 g/mol. The van der Waals surface area contributed by atoms with E-state index in [1.165, 1.54) is 10.8 Å². The molecule has 1 saturated heterocycles. The molecule has 1 fully saturated rings. The predicted molar refractivity (Wildman–Crippen MR) is 80.8 cm³/mol. The molecule has 1 atom stereocenters. The van der Waals surface area contributed by atoms with E-state index in [0.717, 1.165) is 29.7 Å². The van der Waals surface area contributed by atoms with Crippen LogP contribution in [0, 0.1) is 0 Å². The number of benzene rings is 2. The maximum atomic E-state index is 5.94. The van der Waals surface area contributed by atoms with E-state index in [1.54, 1.807) is 0 Å². The highest BCUT2D eigenvalue weighted by molar-refractivity contribution is 9.10. The van der Waals surface area contributed by atoms with Gasteiger partial charge in [0.1, 0.15) is 11.9 Å². The maximum absolute atomic E-state index is 5.94. The normalized spacial score (nSPS) is 18.6. The molecule has 0 aromatic heterocycles. The van der Waals surface area contributed by atoms with Crippen LogP contribution in [-0.4, -0.2) is 19.2 Å². The summed E-state index contributed by atoms with van der Waals surface area (Å²) in [5, 5.41) is 5.76. The Bertz CT molecular complexity index is 540. The molecule has 4 heteroatoms. The third-order valence-electron chi connectivity index (χ3n) is 3.09. The molecule has 2 aromatic carbocycles. The molecule has 1 heterocycles. The van der Waals surface area contributed by atoms with Gasteiger partial charge >= 0.3 is 0 Å². The second kappa shape index (κ2) is 5.91. The fourth-order valence-corrected chi connectivity index (χ4v) is 2.57. The Morgan fingerprint density at radius 2 is 1.89 bits per heavy atom. The first kappa shape index (κ1) is 13.7. The summed E-state index contributed by atoms with van der Waals surface area (Å²) < 4.78 is 7.05. The lowest BCUT2D eigenvalue weighted by atomic mass is 10.1. The number of halogens is 2. The highest BCUT2D eigenvalue weighted by atomic mass is 79.9. The number of hydrogen-bond acceptors (Lipinski definition) is 2. The smallest absolute Gasteiger partial charge is 0.120 e. The van der Waals surface area contributed by atoms with Gasteiger partial charge in [0.2, 0.25) is 0 Å². The molecule has 0 radical (unpaired) electrons. The van der Waals surface area contributed by atoms with Gasteiger partial charge in [-0.3, -0.25) is 0 Å². The van der Waals surface area contributed by atoms with E-state index in [1.807, 2.05) is 6.07 Å². The van der Waals surface area contributed by atoms with E-state index in [0.29, 0.717) is 6.10 Å². The summed E-state index contributed by atoms with van der Waals surface area (Å²) in [6.45, 7) is 2.02. The summed E-state index contributed by atoms with van der Waals surface area (Å²) in [4.78, 5) is 0. The quantitative estimate of drug-likeness (QED) is 0.906. The topological polar surface area (TPSA) is 21.3 Å². The van der Waals surface area contributed by atoms with Crippen molar-refractivity contribution < 1.29 is 4.74 Å². The molecule has 0 amide bonds. The zero-order valence-corrected chi connectivity index (χ0v) is 12.3. The summed E-state index contributed by atoms with van der Waals surface area (Å²) in [7, 11) is 0. The van der Waals surface area contributed by atoms with Crippen LogP contribution in [0.3, 0.4) is 0 Å². The summed E-state index contributed by atoms with van der Waals surface area (Å²) in [5.74, 6) is 0.966. The van der Waals surface area contributed by atoms with Gasteiger partial charge in [0.05, 0.1) is 0 Å². The highest BCUT2D eigenvalue weighted by Crippen LogP contribution is 2.25. The maximum Gasteiger partial charge on any atom is 0.120 e. The molecule has 3 rings (SSSR count). The van der Waals surface area contributed by atoms with Crippen molar-refractivity contribution in [3.63, 3.8) is 0 Å². The van der Waals surface area contributed by atoms with Crippen LogP contribution in [0.4, 0.5) is 0 Å². The molecule has 1 unspecified atom stereocenters. The van der Waals surface area contributed by atoms with Gasteiger partial charge in [-0.25, -0.2) is 0 Å². The van der Waals surface area contributed by atoms with E-state index in [-0.39, 0.29) is 12.4 Å². The lowest BCUT2D eigenvalue weighted by Gasteiger charge is -2.13. The van der Waals surface area contributed by atoms with Gasteiger partial charge in [0.25, 0.3) is 0 Å². The van der Waals surface area contributed by atoms with Crippen molar-refractivity contribution >= 4 is 39.1 Å². The fraction of sp³-hybridized carbons (Fsp3) is 0.286. The number of ether oxygens (including phenoxy) is 1. The summed E-state index contributed by atoms with van der Waals surface area (Å²) in [6, 6.07) is 12.6. The molecule has 0 bridgehead atoms. The second-order valence-corrected chi connectivity index (χ2v) is 5.30. The lowest BCUT2D eigenvalue weighted by Crippen LogP contribution is -2.19. The van der Waals surface area contributed by atoms with Crippen LogP contribution in [0.15, 0.2) is 40.9 Å². The Balaban J connectivity index is 0.00000120. The zero-order valence-electron chi connectivity index (χ0n) is 9.86. The van der Waals surface area contributed by atoms with Crippen molar-refractivity contribution in [3.05, 3.63) is 40.9 Å². The molecule has 0 saturated carbocycles. The molecule has 96 valence electrons. The van der Waals surface area contributed by atoms with Gasteiger partial charge in [0.15, 0.2) is 0 Å². The van der Waals surface area contributed by atoms with Gasteiger partial charge in [0, 0.05) is 11.0 Å². The molecule has 1 aliphatic heterocycles. The van der Waals surface area contributed by atoms with Gasteiger partial charge in [-0.2, -0.15) is 0 Å². The molecule has 0 spiro atoms. The van der Waals surface area contributed by atoms with Crippen LogP contribution < -0.4 is 10.1 Å². The van der Waals surface area contributed by atoms with Crippen LogP contribution in [0.2, 0.25) is 0 Å². The van der Waals surface area contributed by atoms with Crippen LogP contribution in [0.25, 0.3) is 10.8 Å². The third-order valence-corrected chi connectivity index (χ3v) is 3.58. The number of fused-ring (bicyclic) bond motifs is 1. The second-order valence-electron chi connectivity index (χ2n) is 4.39. The minimum atomic E-state index is 0. The molecule has 0 aliphatic carbocycles. The minimum absolute atomic E-state index is 0. The van der Waals surface area contributed by atoms with Gasteiger partial charge in [-0.15, -0.1) is 12.4 Å². The highest BCUT2D eigenvalue weighted by Gasteiger charge is 2.15. The van der Waals surface area contributed by atoms with Crippen LogP contribution in [0.1, 0.15) is 6.42 Å². The molecule has 1 aliphatic rings. The predicted octanol–water partition coefficient (Wildman–Crippen LogP) is 3.76. The molecular weight excluding hydrogens is 314 g/mol. The first-order chi connectivity index (χ1) is 8.31. The summed E-state index contributed by atoms with van der Waals surface area (Å²) >= 11 is 3.48. The largest absolute Gasteiger partial charge is 0.489 e. The van der Waals surface area contributed by atoms with Gasteiger partial charge in [-0.05, 0) is 48.0 Å². The van der Waals surface area contributed by atoms with Crippen molar-refractivity contribution in [2.45, 2.75) is 12.5 Å². The van der Waals surface area contributed by atoms with Crippen molar-refractivity contribution in [1.82, 2.24) is 5.32 Å². The Morgan fingerprint density at radius 1 is 1.11 bits per heavy atom. The lowest BCUT2D eigenvalue weighted by molar-refractivity contribution is 0.223. The van der Waals surface area contributed by atoms with E-state index in [9.17, 15) is 0 Å². The number of rotatable bonds is 2. The van der Waals surface area contributed by atoms with E-state index in [2.05, 4.69) is 51.6 Å². The van der Waals surface area contributed by atoms with Gasteiger partial charge < -0.3 is 10.1 Å². The summed E-state index contributed by atoms with van der Waals surface area (Å²) in [6.07, 6.45) is 1.42. The Morgan fingerprint density at radius 3 is 2.67 bits per heavy atom. The van der Waals surface area contributed by atoms with Gasteiger partial charge in [-0.1, -0.05) is 28.1 Å². The SMILES string of the molecule is Brc1ccc2cc(OC3CCNC3)ccc2c1.Cl. The average molecular weight is 329 g/mol. The first-order valence-electron chi connectivity index (χ1n) is 5.88. The molecular formula is C14H15BrClNO.